The van der Waals surface area contributed by atoms with Crippen LogP contribution >= 0.6 is 0 Å². The average Bonchev–Trinajstić information content (AvgIpc) is 2.22. The minimum Gasteiger partial charge on any atom is -0.312 e. The van der Waals surface area contributed by atoms with Crippen LogP contribution in [0.1, 0.15) is 57.7 Å². The molecule has 1 nitrogen and oxygen atoms in total. The van der Waals surface area contributed by atoms with E-state index in [0.29, 0.717) is 0 Å². The molecule has 0 saturated heterocycles. The van der Waals surface area contributed by atoms with Gasteiger partial charge in [0.2, 0.25) is 0 Å². The lowest BCUT2D eigenvalue weighted by atomic mass is 9.80. The van der Waals surface area contributed by atoms with E-state index in [1.165, 1.54) is 5.56 Å². The van der Waals surface area contributed by atoms with Crippen molar-refractivity contribution >= 4 is 0 Å². The van der Waals surface area contributed by atoms with Crippen molar-refractivity contribution in [2.75, 3.05) is 6.54 Å². The zero-order chi connectivity index (χ0) is 14.8. The molecule has 19 heavy (non-hydrogen) atoms. The fraction of sp³-hybridized carbons (Fsp3) is 0.647. The summed E-state index contributed by atoms with van der Waals surface area (Å²) in [5.41, 5.74) is 2.91. The predicted octanol–water partition coefficient (Wildman–Crippen LogP) is 4.50. The molecule has 108 valence electrons. The molecule has 0 amide bonds. The number of hydrogen-bond acceptors (Lipinski definition) is 1. The van der Waals surface area contributed by atoms with E-state index in [1.54, 1.807) is 0 Å². The van der Waals surface area contributed by atoms with Gasteiger partial charge in [-0.2, -0.15) is 0 Å². The summed E-state index contributed by atoms with van der Waals surface area (Å²) in [5, 5.41) is 3.51. The van der Waals surface area contributed by atoms with Gasteiger partial charge in [-0.1, -0.05) is 26.0 Å². The van der Waals surface area contributed by atoms with Crippen molar-refractivity contribution < 1.29 is 4.39 Å². The Labute approximate surface area is 117 Å². The molecule has 0 aliphatic heterocycles. The predicted molar refractivity (Wildman–Crippen MR) is 81.3 cm³/mol. The van der Waals surface area contributed by atoms with Gasteiger partial charge < -0.3 is 5.32 Å². The van der Waals surface area contributed by atoms with E-state index in [1.807, 2.05) is 26.0 Å². The summed E-state index contributed by atoms with van der Waals surface area (Å²) in [6.45, 7) is 15.6. The van der Waals surface area contributed by atoms with Gasteiger partial charge in [0.15, 0.2) is 0 Å². The van der Waals surface area contributed by atoms with Crippen LogP contribution in [0.4, 0.5) is 4.39 Å². The van der Waals surface area contributed by atoms with Crippen molar-refractivity contribution in [2.24, 2.45) is 0 Å². The number of rotatable bonds is 4. The third-order valence-electron chi connectivity index (χ3n) is 3.62. The molecular formula is C17H28FN. The number of halogens is 1. The van der Waals surface area contributed by atoms with Crippen LogP contribution in [0.5, 0.6) is 0 Å². The highest BCUT2D eigenvalue weighted by molar-refractivity contribution is 5.34. The zero-order valence-electron chi connectivity index (χ0n) is 13.4. The molecule has 0 spiro atoms. The van der Waals surface area contributed by atoms with Gasteiger partial charge in [-0.25, -0.2) is 4.39 Å². The lowest BCUT2D eigenvalue weighted by Gasteiger charge is -2.29. The Morgan fingerprint density at radius 1 is 1.00 bits per heavy atom. The Balaban J connectivity index is 2.82. The minimum absolute atomic E-state index is 0.0570. The molecule has 2 heteroatoms. The Morgan fingerprint density at radius 3 is 1.89 bits per heavy atom. The van der Waals surface area contributed by atoms with Crippen LogP contribution < -0.4 is 5.32 Å². The molecule has 0 bridgehead atoms. The van der Waals surface area contributed by atoms with Crippen molar-refractivity contribution in [3.8, 4) is 0 Å². The maximum absolute atomic E-state index is 13.7. The van der Waals surface area contributed by atoms with Crippen molar-refractivity contribution in [1.82, 2.24) is 5.32 Å². The van der Waals surface area contributed by atoms with E-state index in [-0.39, 0.29) is 16.8 Å². The summed E-state index contributed by atoms with van der Waals surface area (Å²) in [6.07, 6.45) is 1.04. The normalized spacial score (nSPS) is 12.8. The molecule has 1 N–H and O–H groups in total. The monoisotopic (exact) mass is 265 g/mol. The van der Waals surface area contributed by atoms with E-state index >= 15 is 0 Å². The molecule has 1 aromatic carbocycles. The van der Waals surface area contributed by atoms with E-state index in [2.05, 4.69) is 39.9 Å². The van der Waals surface area contributed by atoms with Crippen LogP contribution in [-0.2, 0) is 5.41 Å². The molecule has 0 aliphatic carbocycles. The van der Waals surface area contributed by atoms with Crippen LogP contribution in [0.2, 0.25) is 0 Å². The Kier molecular flexibility index (Phi) is 4.78. The van der Waals surface area contributed by atoms with Crippen LogP contribution in [0.15, 0.2) is 12.1 Å². The molecule has 0 fully saturated rings. The van der Waals surface area contributed by atoms with Crippen molar-refractivity contribution in [3.63, 3.8) is 0 Å². The van der Waals surface area contributed by atoms with Gasteiger partial charge in [0.05, 0.1) is 0 Å². The van der Waals surface area contributed by atoms with E-state index in [0.717, 1.165) is 24.1 Å². The summed E-state index contributed by atoms with van der Waals surface area (Å²) in [5.74, 6) is -0.0765. The first-order valence-corrected chi connectivity index (χ1v) is 7.05. The molecule has 0 aromatic heterocycles. The third kappa shape index (κ3) is 4.61. The smallest absolute Gasteiger partial charge is 0.129 e. The van der Waals surface area contributed by atoms with Gasteiger partial charge in [0.25, 0.3) is 0 Å². The van der Waals surface area contributed by atoms with Crippen LogP contribution in [-0.4, -0.2) is 12.1 Å². The summed E-state index contributed by atoms with van der Waals surface area (Å²) in [4.78, 5) is 0. The van der Waals surface area contributed by atoms with Gasteiger partial charge in [-0.3, -0.25) is 0 Å². The van der Waals surface area contributed by atoms with E-state index in [4.69, 9.17) is 0 Å². The topological polar surface area (TPSA) is 12.0 Å². The van der Waals surface area contributed by atoms with Gasteiger partial charge in [0.1, 0.15) is 5.82 Å². The minimum atomic E-state index is -0.0765. The van der Waals surface area contributed by atoms with Crippen LogP contribution in [0.3, 0.4) is 0 Å². The highest BCUT2D eigenvalue weighted by Gasteiger charge is 2.22. The largest absolute Gasteiger partial charge is 0.312 e. The molecule has 0 heterocycles. The maximum Gasteiger partial charge on any atom is 0.129 e. The third-order valence-corrected chi connectivity index (χ3v) is 3.62. The summed E-state index contributed by atoms with van der Waals surface area (Å²) in [6, 6.07) is 3.97. The maximum atomic E-state index is 13.7. The number of aryl methyl sites for hydroxylation is 2. The Morgan fingerprint density at radius 2 is 1.47 bits per heavy atom. The highest BCUT2D eigenvalue weighted by atomic mass is 19.1. The molecular weight excluding hydrogens is 237 g/mol. The molecule has 1 aromatic rings. The number of nitrogens with one attached hydrogen (secondary N) is 1. The van der Waals surface area contributed by atoms with Crippen molar-refractivity contribution in [2.45, 2.75) is 65.8 Å². The molecule has 0 saturated carbocycles. The number of hydrogen-bond donors (Lipinski definition) is 1. The summed E-state index contributed by atoms with van der Waals surface area (Å²) in [7, 11) is 0. The summed E-state index contributed by atoms with van der Waals surface area (Å²) < 4.78 is 13.7. The summed E-state index contributed by atoms with van der Waals surface area (Å²) >= 11 is 0. The molecule has 0 radical (unpaired) electrons. The fourth-order valence-electron chi connectivity index (χ4n) is 2.23. The van der Waals surface area contributed by atoms with E-state index in [9.17, 15) is 4.39 Å². The van der Waals surface area contributed by atoms with E-state index < -0.39 is 0 Å². The molecule has 1 rings (SSSR count). The first-order chi connectivity index (χ1) is 8.53. The lowest BCUT2D eigenvalue weighted by Crippen LogP contribution is -2.38. The zero-order valence-corrected chi connectivity index (χ0v) is 13.4. The standard InChI is InChI=1S/C17H28FN/c1-12-10-14(11-13(2)15(12)18)17(6,7)8-9-19-16(3,4)5/h10-11,19H,8-9H2,1-7H3. The van der Waals surface area contributed by atoms with Gasteiger partial charge in [0, 0.05) is 5.54 Å². The second-order valence-electron chi connectivity index (χ2n) is 7.23. The van der Waals surface area contributed by atoms with Crippen LogP contribution in [0, 0.1) is 19.7 Å². The van der Waals surface area contributed by atoms with Crippen LogP contribution in [0.25, 0.3) is 0 Å². The molecule has 0 unspecified atom stereocenters. The highest BCUT2D eigenvalue weighted by Crippen LogP contribution is 2.29. The fourth-order valence-corrected chi connectivity index (χ4v) is 2.23. The van der Waals surface area contributed by atoms with Gasteiger partial charge in [-0.15, -0.1) is 0 Å². The average molecular weight is 265 g/mol. The Bertz CT molecular complexity index is 418. The van der Waals surface area contributed by atoms with Gasteiger partial charge in [-0.05, 0) is 69.7 Å². The second-order valence-corrected chi connectivity index (χ2v) is 7.23. The molecule has 0 atom stereocenters. The van der Waals surface area contributed by atoms with Crippen molar-refractivity contribution in [1.29, 1.82) is 0 Å². The van der Waals surface area contributed by atoms with Crippen molar-refractivity contribution in [3.05, 3.63) is 34.6 Å². The molecule has 0 aliphatic rings. The van der Waals surface area contributed by atoms with Gasteiger partial charge >= 0.3 is 0 Å². The quantitative estimate of drug-likeness (QED) is 0.845. The Hall–Kier alpha value is -0.890. The first-order valence-electron chi connectivity index (χ1n) is 7.05. The number of benzene rings is 1. The second kappa shape index (κ2) is 5.62. The SMILES string of the molecule is Cc1cc(C(C)(C)CCNC(C)(C)C)cc(C)c1F. The first kappa shape index (κ1) is 16.2. The lowest BCUT2D eigenvalue weighted by molar-refractivity contribution is 0.379.